The molecule has 0 spiro atoms. The molecule has 0 aromatic rings. The Hall–Kier alpha value is 1.41. The monoisotopic (exact) mass is 273 g/mol. The summed E-state index contributed by atoms with van der Waals surface area (Å²) in [4.78, 5) is 0. The first-order chi connectivity index (χ1) is 5.71. The van der Waals surface area contributed by atoms with Crippen molar-refractivity contribution < 1.29 is 47.3 Å². The molecule has 0 aromatic heterocycles. The number of hydrogen-bond donors (Lipinski definition) is 0. The van der Waals surface area contributed by atoms with Gasteiger partial charge in [-0.2, -0.15) is 0 Å². The fraction of sp³-hybridized carbons (Fsp3) is 1.00. The quantitative estimate of drug-likeness (QED) is 0.316. The van der Waals surface area contributed by atoms with Gasteiger partial charge in [-0.15, -0.1) is 3.94 Å². The molecule has 0 aliphatic heterocycles. The third-order valence-electron chi connectivity index (χ3n) is 1.35. The molecule has 0 fully saturated rings. The Labute approximate surface area is 116 Å². The molecule has 0 radical (unpaired) electrons. The number of methoxy groups -OCH3 is 1. The van der Waals surface area contributed by atoms with Gasteiger partial charge in [-0.1, -0.05) is 0 Å². The van der Waals surface area contributed by atoms with Crippen molar-refractivity contribution in [2.75, 3.05) is 19.5 Å². The Morgan fingerprint density at radius 2 is 1.93 bits per heavy atom. The molecule has 80 valence electrons. The van der Waals surface area contributed by atoms with Crippen LogP contribution in [0.5, 0.6) is 0 Å². The third-order valence-corrected chi connectivity index (χ3v) is 3.14. The molecule has 0 heterocycles. The summed E-state index contributed by atoms with van der Waals surface area (Å²) in [5.41, 5.74) is -1.22. The van der Waals surface area contributed by atoms with Crippen LogP contribution in [0.2, 0.25) is 0 Å². The molecule has 0 rings (SSSR count). The van der Waals surface area contributed by atoms with Crippen molar-refractivity contribution in [2.24, 2.45) is 0 Å². The Balaban J connectivity index is 0. The van der Waals surface area contributed by atoms with Gasteiger partial charge in [-0.25, -0.2) is 8.42 Å². The first kappa shape index (κ1) is 17.8. The smallest absolute Gasteiger partial charge is 0.748 e. The van der Waals surface area contributed by atoms with Crippen molar-refractivity contribution in [2.45, 2.75) is 12.5 Å². The van der Waals surface area contributed by atoms with Crippen LogP contribution in [0, 0.1) is 0 Å². The Morgan fingerprint density at radius 1 is 1.50 bits per heavy atom. The van der Waals surface area contributed by atoms with Crippen LogP contribution >= 0.6 is 23.6 Å². The molecule has 0 saturated carbocycles. The van der Waals surface area contributed by atoms with E-state index in [1.807, 2.05) is 0 Å². The summed E-state index contributed by atoms with van der Waals surface area (Å²) in [5, 5.41) is 0. The maximum atomic E-state index is 10.5. The summed E-state index contributed by atoms with van der Waals surface area (Å²) in [5.74, 6) is -0.708. The van der Waals surface area contributed by atoms with E-state index in [-0.39, 0.29) is 36.2 Å². The summed E-state index contributed by atoms with van der Waals surface area (Å²) < 4.78 is 36.7. The van der Waals surface area contributed by atoms with Gasteiger partial charge in [0.1, 0.15) is 0 Å². The van der Waals surface area contributed by atoms with Gasteiger partial charge in [-0.05, 0) is 30.5 Å². The molecule has 1 unspecified atom stereocenters. The summed E-state index contributed by atoms with van der Waals surface area (Å²) in [6, 6.07) is 0. The summed E-state index contributed by atoms with van der Waals surface area (Å²) >= 11 is 10.8. The predicted molar refractivity (Wildman–Crippen MR) is 48.4 cm³/mol. The van der Waals surface area contributed by atoms with Gasteiger partial charge in [0.2, 0.25) is 0 Å². The number of hydrogen-bond acceptors (Lipinski definition) is 5. The largest absolute Gasteiger partial charge is 1.00 e. The standard InChI is InChI=1S/C5H11Cl2NO4S.Na/c1-5(3-12-2,8(6)7)4-13(9,10)11;/h3-4H2,1-2H3,(H,9,10,11);/q;+1/p-1. The number of nitrogens with zero attached hydrogens (tertiary/aromatic N) is 1. The van der Waals surface area contributed by atoms with Crippen LogP contribution in [0.25, 0.3) is 0 Å². The minimum Gasteiger partial charge on any atom is -0.748 e. The molecular weight excluding hydrogens is 264 g/mol. The second-order valence-corrected chi connectivity index (χ2v) is 5.12. The topological polar surface area (TPSA) is 69.7 Å². The molecule has 0 saturated heterocycles. The number of rotatable bonds is 5. The van der Waals surface area contributed by atoms with E-state index in [0.717, 1.165) is 0 Å². The first-order valence-corrected chi connectivity index (χ1v) is 5.51. The van der Waals surface area contributed by atoms with E-state index in [4.69, 9.17) is 28.3 Å². The first-order valence-electron chi connectivity index (χ1n) is 3.25. The molecule has 0 N–H and O–H groups in total. The third kappa shape index (κ3) is 6.81. The van der Waals surface area contributed by atoms with Crippen molar-refractivity contribution in [1.82, 2.24) is 3.94 Å². The molecule has 0 aromatic carbocycles. The van der Waals surface area contributed by atoms with E-state index in [2.05, 4.69) is 0 Å². The van der Waals surface area contributed by atoms with Crippen molar-refractivity contribution in [3.8, 4) is 0 Å². The van der Waals surface area contributed by atoms with Gasteiger partial charge < -0.3 is 9.29 Å². The molecule has 9 heteroatoms. The van der Waals surface area contributed by atoms with Crippen molar-refractivity contribution in [3.05, 3.63) is 0 Å². The fourth-order valence-electron chi connectivity index (χ4n) is 0.831. The predicted octanol–water partition coefficient (Wildman–Crippen LogP) is -2.45. The van der Waals surface area contributed by atoms with Crippen molar-refractivity contribution >= 4 is 33.7 Å². The zero-order valence-electron chi connectivity index (χ0n) is 8.16. The van der Waals surface area contributed by atoms with E-state index in [0.29, 0.717) is 3.94 Å². The Kier molecular flexibility index (Phi) is 8.74. The number of halogens is 2. The minimum atomic E-state index is -4.39. The molecule has 5 nitrogen and oxygen atoms in total. The van der Waals surface area contributed by atoms with E-state index < -0.39 is 21.4 Å². The molecule has 14 heavy (non-hydrogen) atoms. The second kappa shape index (κ2) is 6.88. The van der Waals surface area contributed by atoms with Crippen LogP contribution in [0.3, 0.4) is 0 Å². The Morgan fingerprint density at radius 3 is 2.14 bits per heavy atom. The van der Waals surface area contributed by atoms with Gasteiger partial charge in [0.15, 0.2) is 0 Å². The zero-order chi connectivity index (χ0) is 10.7. The van der Waals surface area contributed by atoms with Gasteiger partial charge in [0.05, 0.1) is 28.0 Å². The average Bonchev–Trinajstić information content (AvgIpc) is 1.82. The van der Waals surface area contributed by atoms with Crippen molar-refractivity contribution in [1.29, 1.82) is 0 Å². The van der Waals surface area contributed by atoms with Crippen LogP contribution in [-0.4, -0.2) is 41.9 Å². The van der Waals surface area contributed by atoms with Crippen LogP contribution in [0.1, 0.15) is 6.92 Å². The molecule has 0 aliphatic rings. The van der Waals surface area contributed by atoms with E-state index in [1.165, 1.54) is 14.0 Å². The zero-order valence-corrected chi connectivity index (χ0v) is 12.5. The maximum Gasteiger partial charge on any atom is 1.00 e. The number of ether oxygens (including phenoxy) is 1. The van der Waals surface area contributed by atoms with E-state index in [9.17, 15) is 13.0 Å². The summed E-state index contributed by atoms with van der Waals surface area (Å²) in [6.07, 6.45) is 0. The van der Waals surface area contributed by atoms with Crippen LogP contribution < -0.4 is 29.6 Å². The maximum absolute atomic E-state index is 10.5. The minimum absolute atomic E-state index is 0. The molecule has 1 atom stereocenters. The average molecular weight is 274 g/mol. The van der Waals surface area contributed by atoms with E-state index in [1.54, 1.807) is 0 Å². The molecule has 0 aliphatic carbocycles. The van der Waals surface area contributed by atoms with Crippen LogP contribution in [0.15, 0.2) is 0 Å². The van der Waals surface area contributed by atoms with Gasteiger partial charge in [-0.3, -0.25) is 0 Å². The van der Waals surface area contributed by atoms with Gasteiger partial charge >= 0.3 is 29.6 Å². The molecule has 0 bridgehead atoms. The summed E-state index contributed by atoms with van der Waals surface area (Å²) in [7, 11) is -3.04. The molecule has 0 amide bonds. The van der Waals surface area contributed by atoms with Crippen LogP contribution in [-0.2, 0) is 14.9 Å². The fourth-order valence-corrected chi connectivity index (χ4v) is 2.16. The Bertz CT molecular complexity index is 260. The van der Waals surface area contributed by atoms with Crippen LogP contribution in [0.4, 0.5) is 0 Å². The van der Waals surface area contributed by atoms with Gasteiger partial charge in [0, 0.05) is 7.11 Å². The van der Waals surface area contributed by atoms with Gasteiger partial charge in [0.25, 0.3) is 0 Å². The van der Waals surface area contributed by atoms with Crippen molar-refractivity contribution in [3.63, 3.8) is 0 Å². The molecular formula is C5H10Cl2NNaO4S. The normalized spacial score (nSPS) is 16.1. The van der Waals surface area contributed by atoms with E-state index >= 15 is 0 Å². The SMILES string of the molecule is COCC(C)(CS(=O)(=O)[O-])N(Cl)Cl.[Na+]. The summed E-state index contributed by atoms with van der Waals surface area (Å²) in [6.45, 7) is 1.35. The second-order valence-electron chi connectivity index (χ2n) is 2.86.